The van der Waals surface area contributed by atoms with Gasteiger partial charge in [-0.3, -0.25) is 20.1 Å². The quantitative estimate of drug-likeness (QED) is 0.443. The van der Waals surface area contributed by atoms with E-state index in [-0.39, 0.29) is 12.1 Å². The summed E-state index contributed by atoms with van der Waals surface area (Å²) in [6.07, 6.45) is 4.91. The van der Waals surface area contributed by atoms with E-state index in [0.29, 0.717) is 31.4 Å². The molecule has 4 heterocycles. The Labute approximate surface area is 212 Å². The largest absolute Gasteiger partial charge is 0.392 e. The van der Waals surface area contributed by atoms with Crippen LogP contribution in [-0.2, 0) is 17.8 Å². The molecule has 1 saturated heterocycles. The normalized spacial score (nSPS) is 21.2. The van der Waals surface area contributed by atoms with E-state index in [4.69, 9.17) is 0 Å². The molecule has 0 spiro atoms. The highest BCUT2D eigenvalue weighted by Crippen LogP contribution is 2.35. The summed E-state index contributed by atoms with van der Waals surface area (Å²) in [5.74, 6) is 0.861. The zero-order chi connectivity index (χ0) is 25.1. The van der Waals surface area contributed by atoms with Gasteiger partial charge in [0.2, 0.25) is 5.91 Å². The third-order valence-corrected chi connectivity index (χ3v) is 7.60. The zero-order valence-corrected chi connectivity index (χ0v) is 21.3. The number of nitrogens with one attached hydrogen (secondary N) is 3. The number of likely N-dealkylation sites (tertiary alicyclic amines) is 1. The molecule has 3 aliphatic heterocycles. The number of rotatable bonds is 8. The summed E-state index contributed by atoms with van der Waals surface area (Å²) in [6, 6.07) is 8.90. The molecule has 1 unspecified atom stereocenters. The molecular weight excluding hydrogens is 456 g/mol. The van der Waals surface area contributed by atoms with Crippen molar-refractivity contribution >= 4 is 23.8 Å². The van der Waals surface area contributed by atoms with Crippen molar-refractivity contribution in [3.05, 3.63) is 41.1 Å². The van der Waals surface area contributed by atoms with Crippen molar-refractivity contribution in [1.82, 2.24) is 30.2 Å². The van der Waals surface area contributed by atoms with Crippen molar-refractivity contribution < 1.29 is 9.90 Å². The van der Waals surface area contributed by atoms with Crippen molar-refractivity contribution in [1.29, 1.82) is 0 Å². The van der Waals surface area contributed by atoms with Crippen LogP contribution in [0, 0.1) is 0 Å². The molecule has 1 aromatic heterocycles. The minimum atomic E-state index is -0.401. The first-order chi connectivity index (χ1) is 17.5. The molecule has 1 fully saturated rings. The predicted octanol–water partition coefficient (Wildman–Crippen LogP) is 1.84. The van der Waals surface area contributed by atoms with Gasteiger partial charge in [-0.1, -0.05) is 24.3 Å². The number of nitrogens with zero attached hydrogens (tertiary/aromatic N) is 5. The number of aromatic nitrogens is 2. The van der Waals surface area contributed by atoms with E-state index in [2.05, 4.69) is 55.0 Å². The second-order valence-electron chi connectivity index (χ2n) is 10.2. The molecule has 0 bridgehead atoms. The molecule has 5 rings (SSSR count). The first-order valence-corrected chi connectivity index (χ1v) is 13.0. The Bertz CT molecular complexity index is 1080. The summed E-state index contributed by atoms with van der Waals surface area (Å²) in [4.78, 5) is 22.5. The van der Waals surface area contributed by atoms with Gasteiger partial charge in [0.1, 0.15) is 17.5 Å². The number of carbonyl (C=O) groups excluding carboxylic acids is 1. The van der Waals surface area contributed by atoms with Crippen LogP contribution < -0.4 is 10.6 Å². The van der Waals surface area contributed by atoms with Gasteiger partial charge in [0.05, 0.1) is 12.4 Å². The maximum Gasteiger partial charge on any atom is 0.219 e. The third-order valence-electron chi connectivity index (χ3n) is 7.60. The molecule has 10 nitrogen and oxygen atoms in total. The van der Waals surface area contributed by atoms with Crippen molar-refractivity contribution in [2.45, 2.75) is 57.5 Å². The number of amides is 1. The molecule has 2 atom stereocenters. The number of H-pyrrole nitrogens is 1. The van der Waals surface area contributed by atoms with Crippen LogP contribution in [0.3, 0.4) is 0 Å². The fourth-order valence-corrected chi connectivity index (χ4v) is 5.45. The fraction of sp³-hybridized carbons (Fsp3) is 0.577. The van der Waals surface area contributed by atoms with Crippen molar-refractivity contribution in [3.8, 4) is 0 Å². The minimum Gasteiger partial charge on any atom is -0.392 e. The van der Waals surface area contributed by atoms with Gasteiger partial charge < -0.3 is 20.2 Å². The summed E-state index contributed by atoms with van der Waals surface area (Å²) < 4.78 is 0. The number of aromatic amines is 1. The van der Waals surface area contributed by atoms with Gasteiger partial charge in [0, 0.05) is 59.3 Å². The van der Waals surface area contributed by atoms with Gasteiger partial charge in [0.25, 0.3) is 0 Å². The first kappa shape index (κ1) is 24.7. The van der Waals surface area contributed by atoms with Crippen molar-refractivity contribution in [3.63, 3.8) is 0 Å². The SMILES string of the molecule is CC(=O)N1CCC(NC2c3[nH]nc(NCC[C@@H](O)CN4CCc5ccccc5C4)c3N=CN2C)CC1. The Morgan fingerprint density at radius 1 is 1.22 bits per heavy atom. The topological polar surface area (TPSA) is 112 Å². The van der Waals surface area contributed by atoms with Crippen LogP contribution in [-0.4, -0.2) is 94.2 Å². The Kier molecular flexibility index (Phi) is 7.54. The maximum absolute atomic E-state index is 11.6. The lowest BCUT2D eigenvalue weighted by atomic mass is 9.99. The monoisotopic (exact) mass is 494 g/mol. The average molecular weight is 495 g/mol. The third kappa shape index (κ3) is 5.55. The summed E-state index contributed by atoms with van der Waals surface area (Å²) >= 11 is 0. The van der Waals surface area contributed by atoms with Crippen LogP contribution in [0.25, 0.3) is 0 Å². The fourth-order valence-electron chi connectivity index (χ4n) is 5.45. The zero-order valence-electron chi connectivity index (χ0n) is 21.3. The number of hydrogen-bond donors (Lipinski definition) is 4. The predicted molar refractivity (Wildman–Crippen MR) is 140 cm³/mol. The highest BCUT2D eigenvalue weighted by Gasteiger charge is 2.30. The lowest BCUT2D eigenvalue weighted by Gasteiger charge is -2.37. The van der Waals surface area contributed by atoms with E-state index < -0.39 is 6.10 Å². The average Bonchev–Trinajstić information content (AvgIpc) is 3.29. The molecule has 2 aromatic rings. The molecule has 1 amide bonds. The number of fused-ring (bicyclic) bond motifs is 2. The van der Waals surface area contributed by atoms with Gasteiger partial charge in [-0.15, -0.1) is 0 Å². The van der Waals surface area contributed by atoms with E-state index in [1.54, 1.807) is 6.92 Å². The van der Waals surface area contributed by atoms with Crippen LogP contribution >= 0.6 is 0 Å². The molecule has 194 valence electrons. The second-order valence-corrected chi connectivity index (χ2v) is 10.2. The first-order valence-electron chi connectivity index (χ1n) is 13.0. The standard InChI is InChI=1S/C26H38N8O2/c1-18(35)34-13-9-21(10-14-34)29-26-24-23(28-17-32(26)2)25(31-30-24)27-11-7-22(36)16-33-12-8-19-5-3-4-6-20(19)15-33/h3-6,17,21-22,26,29,36H,7-16H2,1-2H3,(H2,27,30,31)/t22-,26?/m1/s1. The van der Waals surface area contributed by atoms with Crippen LogP contribution in [0.1, 0.15) is 49.2 Å². The molecule has 1 aromatic carbocycles. The van der Waals surface area contributed by atoms with E-state index in [9.17, 15) is 9.90 Å². The van der Waals surface area contributed by atoms with Crippen LogP contribution in [0.4, 0.5) is 11.5 Å². The molecule has 0 radical (unpaired) electrons. The number of aliphatic imine (C=N–C) groups is 1. The van der Waals surface area contributed by atoms with Crippen LogP contribution in [0.15, 0.2) is 29.3 Å². The number of carbonyl (C=O) groups is 1. The molecule has 36 heavy (non-hydrogen) atoms. The van der Waals surface area contributed by atoms with Crippen molar-refractivity contribution in [2.24, 2.45) is 4.99 Å². The van der Waals surface area contributed by atoms with E-state index in [1.807, 2.05) is 23.2 Å². The number of β-amino-alcohol motifs (C(OH)–C–C–N with tert-alkyl or cyclic N) is 1. The van der Waals surface area contributed by atoms with Gasteiger partial charge in [-0.05, 0) is 36.8 Å². The lowest BCUT2D eigenvalue weighted by Crippen LogP contribution is -2.48. The molecule has 10 heteroatoms. The number of piperidine rings is 1. The van der Waals surface area contributed by atoms with Crippen LogP contribution in [0.2, 0.25) is 0 Å². The summed E-state index contributed by atoms with van der Waals surface area (Å²) in [5.41, 5.74) is 4.54. The number of aliphatic hydroxyl groups excluding tert-OH is 1. The maximum atomic E-state index is 11.6. The van der Waals surface area contributed by atoms with Gasteiger partial charge in [0.15, 0.2) is 5.82 Å². The van der Waals surface area contributed by atoms with Gasteiger partial charge in [-0.25, -0.2) is 4.99 Å². The Hall–Kier alpha value is -2.95. The van der Waals surface area contributed by atoms with Crippen molar-refractivity contribution in [2.75, 3.05) is 45.1 Å². The van der Waals surface area contributed by atoms with Gasteiger partial charge >= 0.3 is 0 Å². The number of hydrogen-bond acceptors (Lipinski definition) is 8. The highest BCUT2D eigenvalue weighted by molar-refractivity contribution is 5.75. The Morgan fingerprint density at radius 3 is 2.78 bits per heavy atom. The Balaban J connectivity index is 1.11. The van der Waals surface area contributed by atoms with Crippen LogP contribution in [0.5, 0.6) is 0 Å². The van der Waals surface area contributed by atoms with E-state index >= 15 is 0 Å². The molecule has 4 N–H and O–H groups in total. The lowest BCUT2D eigenvalue weighted by molar-refractivity contribution is -0.129. The molecular formula is C26H38N8O2. The highest BCUT2D eigenvalue weighted by atomic mass is 16.3. The summed E-state index contributed by atoms with van der Waals surface area (Å²) in [6.45, 7) is 6.38. The smallest absolute Gasteiger partial charge is 0.219 e. The molecule has 0 aliphatic carbocycles. The minimum absolute atomic E-state index is 0.0537. The second kappa shape index (κ2) is 11.0. The number of aliphatic hydroxyl groups is 1. The molecule has 0 saturated carbocycles. The van der Waals surface area contributed by atoms with Gasteiger partial charge in [-0.2, -0.15) is 5.10 Å². The van der Waals surface area contributed by atoms with E-state index in [0.717, 1.165) is 56.8 Å². The Morgan fingerprint density at radius 2 is 2.00 bits per heavy atom. The number of benzene rings is 1. The molecule has 3 aliphatic rings. The summed E-state index contributed by atoms with van der Waals surface area (Å²) in [5, 5.41) is 25.4. The van der Waals surface area contributed by atoms with E-state index in [1.165, 1.54) is 11.1 Å². The summed E-state index contributed by atoms with van der Waals surface area (Å²) in [7, 11) is 2.00. The number of anilines is 1.